The van der Waals surface area contributed by atoms with E-state index in [4.69, 9.17) is 4.74 Å². The zero-order valence-corrected chi connectivity index (χ0v) is 11.0. The SMILES string of the molecule is C=CC#CCOC(=O)/C=C\C#C[Si](C)(C)C. The van der Waals surface area contributed by atoms with Crippen molar-refractivity contribution in [3.8, 4) is 23.3 Å². The Balaban J connectivity index is 4.00. The highest BCUT2D eigenvalue weighted by Gasteiger charge is 2.06. The van der Waals surface area contributed by atoms with Crippen LogP contribution in [-0.2, 0) is 9.53 Å². The highest BCUT2D eigenvalue weighted by Crippen LogP contribution is 1.95. The van der Waals surface area contributed by atoms with Crippen LogP contribution in [0, 0.1) is 23.3 Å². The molecule has 0 bridgehead atoms. The van der Waals surface area contributed by atoms with E-state index in [0.29, 0.717) is 0 Å². The van der Waals surface area contributed by atoms with Crippen molar-refractivity contribution in [3.63, 3.8) is 0 Å². The molecule has 0 N–H and O–H groups in total. The zero-order valence-electron chi connectivity index (χ0n) is 9.96. The monoisotopic (exact) mass is 232 g/mol. The molecule has 2 nitrogen and oxygen atoms in total. The van der Waals surface area contributed by atoms with Gasteiger partial charge in [0.25, 0.3) is 0 Å². The summed E-state index contributed by atoms with van der Waals surface area (Å²) in [6.07, 6.45) is 4.27. The van der Waals surface area contributed by atoms with E-state index < -0.39 is 14.0 Å². The molecule has 0 aromatic heterocycles. The summed E-state index contributed by atoms with van der Waals surface area (Å²) in [6, 6.07) is 0. The van der Waals surface area contributed by atoms with Crippen molar-refractivity contribution < 1.29 is 9.53 Å². The second-order valence-corrected chi connectivity index (χ2v) is 8.74. The summed E-state index contributed by atoms with van der Waals surface area (Å²) in [5, 5.41) is 0. The summed E-state index contributed by atoms with van der Waals surface area (Å²) in [5.74, 6) is 7.60. The average molecular weight is 232 g/mol. The van der Waals surface area contributed by atoms with Crippen LogP contribution in [0.3, 0.4) is 0 Å². The summed E-state index contributed by atoms with van der Waals surface area (Å²) in [7, 11) is -1.36. The molecule has 0 aromatic rings. The zero-order chi connectivity index (χ0) is 12.4. The number of ether oxygens (including phenoxy) is 1. The molecule has 0 heterocycles. The highest BCUT2D eigenvalue weighted by atomic mass is 28.3. The van der Waals surface area contributed by atoms with Crippen LogP contribution >= 0.6 is 0 Å². The Morgan fingerprint density at radius 1 is 1.38 bits per heavy atom. The van der Waals surface area contributed by atoms with Gasteiger partial charge in [-0.3, -0.25) is 0 Å². The first-order valence-electron chi connectivity index (χ1n) is 4.91. The van der Waals surface area contributed by atoms with Crippen LogP contribution in [0.25, 0.3) is 0 Å². The minimum absolute atomic E-state index is 0.0800. The molecule has 0 aliphatic heterocycles. The lowest BCUT2D eigenvalue weighted by molar-refractivity contribution is -0.136. The van der Waals surface area contributed by atoms with Crippen LogP contribution in [0.15, 0.2) is 24.8 Å². The van der Waals surface area contributed by atoms with E-state index >= 15 is 0 Å². The molecule has 0 saturated carbocycles. The molecule has 0 aliphatic carbocycles. The molecule has 0 spiro atoms. The van der Waals surface area contributed by atoms with E-state index in [1.165, 1.54) is 18.2 Å². The van der Waals surface area contributed by atoms with Crippen molar-refractivity contribution >= 4 is 14.0 Å². The maximum Gasteiger partial charge on any atom is 0.332 e. The first kappa shape index (κ1) is 14.3. The lowest BCUT2D eigenvalue weighted by Crippen LogP contribution is -2.16. The molecular formula is C13H16O2Si. The van der Waals surface area contributed by atoms with Gasteiger partial charge in [0.1, 0.15) is 8.07 Å². The minimum Gasteiger partial charge on any atom is -0.449 e. The smallest absolute Gasteiger partial charge is 0.332 e. The first-order chi connectivity index (χ1) is 7.45. The lowest BCUT2D eigenvalue weighted by atomic mass is 10.5. The summed E-state index contributed by atoms with van der Waals surface area (Å²) in [5.41, 5.74) is 3.11. The van der Waals surface area contributed by atoms with Crippen molar-refractivity contribution in [3.05, 3.63) is 24.8 Å². The van der Waals surface area contributed by atoms with Crippen LogP contribution < -0.4 is 0 Å². The third kappa shape index (κ3) is 10.4. The number of carbonyl (C=O) groups excluding carboxylic acids is 1. The number of allylic oxidation sites excluding steroid dienone is 2. The molecular weight excluding hydrogens is 216 g/mol. The largest absolute Gasteiger partial charge is 0.449 e. The molecule has 0 unspecified atom stereocenters. The van der Waals surface area contributed by atoms with Crippen LogP contribution in [0.4, 0.5) is 0 Å². The third-order valence-corrected chi connectivity index (χ3v) is 2.13. The van der Waals surface area contributed by atoms with Gasteiger partial charge in [-0.15, -0.1) is 5.54 Å². The second-order valence-electron chi connectivity index (χ2n) is 3.99. The van der Waals surface area contributed by atoms with Crippen molar-refractivity contribution in [2.45, 2.75) is 19.6 Å². The van der Waals surface area contributed by atoms with Crippen LogP contribution in [0.5, 0.6) is 0 Å². The average Bonchev–Trinajstić information content (AvgIpc) is 2.18. The predicted octanol–water partition coefficient (Wildman–Crippen LogP) is 2.16. The Kier molecular flexibility index (Phi) is 6.75. The molecule has 0 fully saturated rings. The number of hydrogen-bond acceptors (Lipinski definition) is 2. The van der Waals surface area contributed by atoms with Gasteiger partial charge < -0.3 is 4.74 Å². The first-order valence-corrected chi connectivity index (χ1v) is 8.41. The van der Waals surface area contributed by atoms with E-state index in [1.54, 1.807) is 0 Å². The standard InChI is InChI=1S/C13H16O2Si/c1-5-6-8-11-15-13(14)10-7-9-12-16(2,3)4/h5,7,10H,1,11H2,2-4H3/b10-7-. The maximum atomic E-state index is 11.1. The van der Waals surface area contributed by atoms with Gasteiger partial charge in [0.05, 0.1) is 0 Å². The van der Waals surface area contributed by atoms with Crippen LogP contribution in [0.2, 0.25) is 19.6 Å². The fourth-order valence-electron chi connectivity index (χ4n) is 0.637. The number of rotatable bonds is 2. The van der Waals surface area contributed by atoms with E-state index in [-0.39, 0.29) is 6.61 Å². The summed E-state index contributed by atoms with van der Waals surface area (Å²) in [4.78, 5) is 11.1. The number of carbonyl (C=O) groups is 1. The molecule has 0 rings (SSSR count). The van der Waals surface area contributed by atoms with Crippen LogP contribution in [0.1, 0.15) is 0 Å². The Morgan fingerprint density at radius 3 is 2.62 bits per heavy atom. The van der Waals surface area contributed by atoms with Gasteiger partial charge >= 0.3 is 5.97 Å². The molecule has 16 heavy (non-hydrogen) atoms. The summed E-state index contributed by atoms with van der Waals surface area (Å²) < 4.78 is 4.77. The van der Waals surface area contributed by atoms with E-state index in [0.717, 1.165) is 0 Å². The van der Waals surface area contributed by atoms with Gasteiger partial charge in [-0.2, -0.15) is 0 Å². The number of esters is 1. The molecule has 0 amide bonds. The molecule has 3 heteroatoms. The minimum atomic E-state index is -1.36. The quantitative estimate of drug-likeness (QED) is 0.316. The molecule has 0 atom stereocenters. The van der Waals surface area contributed by atoms with E-state index in [9.17, 15) is 4.79 Å². The van der Waals surface area contributed by atoms with Gasteiger partial charge in [0.2, 0.25) is 0 Å². The summed E-state index contributed by atoms with van der Waals surface area (Å²) >= 11 is 0. The Bertz CT molecular complexity index is 392. The topological polar surface area (TPSA) is 26.3 Å². The molecule has 0 aromatic carbocycles. The molecule has 0 aliphatic rings. The van der Waals surface area contributed by atoms with Gasteiger partial charge in [-0.25, -0.2) is 4.79 Å². The Labute approximate surface area is 98.4 Å². The summed E-state index contributed by atoms with van der Waals surface area (Å²) in [6.45, 7) is 9.91. The normalized spacial score (nSPS) is 9.69. The fourth-order valence-corrected chi connectivity index (χ4v) is 1.15. The third-order valence-electron chi connectivity index (χ3n) is 1.24. The predicted molar refractivity (Wildman–Crippen MR) is 69.2 cm³/mol. The molecule has 0 saturated heterocycles. The van der Waals surface area contributed by atoms with Gasteiger partial charge in [0.15, 0.2) is 6.61 Å². The fraction of sp³-hybridized carbons (Fsp3) is 0.308. The van der Waals surface area contributed by atoms with E-state index in [2.05, 4.69) is 49.5 Å². The Hall–Kier alpha value is -1.71. The van der Waals surface area contributed by atoms with Crippen molar-refractivity contribution in [1.29, 1.82) is 0 Å². The van der Waals surface area contributed by atoms with Crippen molar-refractivity contribution in [2.75, 3.05) is 6.61 Å². The van der Waals surface area contributed by atoms with Crippen molar-refractivity contribution in [2.24, 2.45) is 0 Å². The van der Waals surface area contributed by atoms with Gasteiger partial charge in [-0.05, 0) is 12.2 Å². The van der Waals surface area contributed by atoms with Gasteiger partial charge in [0, 0.05) is 6.08 Å². The lowest BCUT2D eigenvalue weighted by Gasteiger charge is -2.02. The van der Waals surface area contributed by atoms with Crippen LogP contribution in [-0.4, -0.2) is 20.7 Å². The Morgan fingerprint density at radius 2 is 2.06 bits per heavy atom. The number of hydrogen-bond donors (Lipinski definition) is 0. The van der Waals surface area contributed by atoms with Crippen molar-refractivity contribution in [1.82, 2.24) is 0 Å². The highest BCUT2D eigenvalue weighted by molar-refractivity contribution is 6.83. The maximum absolute atomic E-state index is 11.1. The van der Waals surface area contributed by atoms with E-state index in [1.807, 2.05) is 0 Å². The second kappa shape index (κ2) is 7.56. The van der Waals surface area contributed by atoms with Gasteiger partial charge in [-0.1, -0.05) is 44.0 Å². The molecule has 0 radical (unpaired) electrons. The molecule has 84 valence electrons.